The first kappa shape index (κ1) is 28.7. The summed E-state index contributed by atoms with van der Waals surface area (Å²) >= 11 is 6.18. The number of anilines is 1. The number of sulfonamides is 1. The number of nitrogens with zero attached hydrogens (tertiary/aromatic N) is 1. The van der Waals surface area contributed by atoms with Crippen molar-refractivity contribution >= 4 is 33.2 Å². The van der Waals surface area contributed by atoms with Crippen LogP contribution in [0.4, 0.5) is 5.69 Å². The van der Waals surface area contributed by atoms with Crippen LogP contribution >= 0.6 is 11.6 Å². The Labute approximate surface area is 227 Å². The molecule has 0 fully saturated rings. The first-order chi connectivity index (χ1) is 18.2. The maximum absolute atomic E-state index is 13.8. The average Bonchev–Trinajstić information content (AvgIpc) is 2.93. The molecule has 0 aromatic heterocycles. The Kier molecular flexibility index (Phi) is 9.91. The summed E-state index contributed by atoms with van der Waals surface area (Å²) in [6, 6.07) is 15.7. The summed E-state index contributed by atoms with van der Waals surface area (Å²) in [6.07, 6.45) is 0. The highest BCUT2D eigenvalue weighted by molar-refractivity contribution is 7.92. The van der Waals surface area contributed by atoms with E-state index in [2.05, 4.69) is 5.32 Å². The number of para-hydroxylation sites is 2. The van der Waals surface area contributed by atoms with Gasteiger partial charge in [-0.1, -0.05) is 23.7 Å². The second-order valence-corrected chi connectivity index (χ2v) is 9.99. The molecule has 0 saturated carbocycles. The summed E-state index contributed by atoms with van der Waals surface area (Å²) in [5.41, 5.74) is 0.0928. The lowest BCUT2D eigenvalue weighted by atomic mass is 10.3. The smallest absolute Gasteiger partial charge is 0.265 e. The van der Waals surface area contributed by atoms with Crippen LogP contribution in [0.3, 0.4) is 0 Å². The van der Waals surface area contributed by atoms with Crippen LogP contribution in [-0.2, 0) is 14.8 Å². The van der Waals surface area contributed by atoms with Gasteiger partial charge in [0.25, 0.3) is 10.0 Å². The minimum Gasteiger partial charge on any atom is -0.495 e. The zero-order chi connectivity index (χ0) is 27.7. The minimum absolute atomic E-state index is 0.0928. The fourth-order valence-electron chi connectivity index (χ4n) is 3.54. The number of halogens is 1. The molecule has 0 saturated heterocycles. The van der Waals surface area contributed by atoms with E-state index >= 15 is 0 Å². The van der Waals surface area contributed by atoms with Crippen LogP contribution in [-0.4, -0.2) is 62.5 Å². The van der Waals surface area contributed by atoms with Crippen molar-refractivity contribution in [3.63, 3.8) is 0 Å². The third-order valence-electron chi connectivity index (χ3n) is 5.39. The first-order valence-corrected chi connectivity index (χ1v) is 13.2. The molecule has 3 rings (SSSR count). The van der Waals surface area contributed by atoms with Crippen LogP contribution in [0.25, 0.3) is 0 Å². The van der Waals surface area contributed by atoms with Crippen molar-refractivity contribution in [2.75, 3.05) is 52.4 Å². The summed E-state index contributed by atoms with van der Waals surface area (Å²) in [5.74, 6) is 1.28. The summed E-state index contributed by atoms with van der Waals surface area (Å²) < 4.78 is 55.3. The molecule has 1 amide bonds. The molecule has 0 atom stereocenters. The van der Waals surface area contributed by atoms with Gasteiger partial charge >= 0.3 is 0 Å². The van der Waals surface area contributed by atoms with Crippen molar-refractivity contribution in [1.29, 1.82) is 0 Å². The Morgan fingerprint density at radius 3 is 2.08 bits per heavy atom. The molecule has 0 bridgehead atoms. The summed E-state index contributed by atoms with van der Waals surface area (Å²) in [5, 5.41) is 2.94. The normalized spacial score (nSPS) is 10.9. The van der Waals surface area contributed by atoms with Gasteiger partial charge in [0, 0.05) is 11.1 Å². The Hall–Kier alpha value is -3.83. The third kappa shape index (κ3) is 6.73. The number of hydrogen-bond acceptors (Lipinski definition) is 8. The van der Waals surface area contributed by atoms with Crippen molar-refractivity contribution in [2.24, 2.45) is 0 Å². The molecule has 0 aliphatic rings. The predicted octanol–water partition coefficient (Wildman–Crippen LogP) is 3.76. The highest BCUT2D eigenvalue weighted by atomic mass is 35.5. The zero-order valence-electron chi connectivity index (χ0n) is 21.4. The van der Waals surface area contributed by atoms with E-state index in [0.29, 0.717) is 17.2 Å². The number of carbonyl (C=O) groups excluding carboxylic acids is 1. The molecule has 3 aromatic carbocycles. The SMILES string of the molecule is COc1ccc(S(=O)(=O)N(CC(=O)NCCOc2ccccc2OC)c2cc(Cl)ccc2OC)cc1OC. The quantitative estimate of drug-likeness (QED) is 0.312. The second-order valence-electron chi connectivity index (χ2n) is 7.69. The van der Waals surface area contributed by atoms with Crippen molar-refractivity contribution in [1.82, 2.24) is 5.32 Å². The van der Waals surface area contributed by atoms with E-state index in [-0.39, 0.29) is 40.3 Å². The molecule has 204 valence electrons. The molecule has 10 nitrogen and oxygen atoms in total. The van der Waals surface area contributed by atoms with E-state index in [0.717, 1.165) is 4.31 Å². The standard InChI is InChI=1S/C26H29ClN2O8S/c1-33-21-11-9-18(27)15-20(21)29(38(31,32)19-10-12-23(35-3)25(16-19)36-4)17-26(30)28-13-14-37-24-8-6-5-7-22(24)34-2/h5-12,15-16H,13-14,17H2,1-4H3,(H,28,30). The Morgan fingerprint density at radius 2 is 1.42 bits per heavy atom. The lowest BCUT2D eigenvalue weighted by Crippen LogP contribution is -2.42. The lowest BCUT2D eigenvalue weighted by molar-refractivity contribution is -0.119. The van der Waals surface area contributed by atoms with Gasteiger partial charge in [-0.25, -0.2) is 8.42 Å². The largest absolute Gasteiger partial charge is 0.495 e. The topological polar surface area (TPSA) is 113 Å². The van der Waals surface area contributed by atoms with Gasteiger partial charge in [0.2, 0.25) is 5.91 Å². The molecular weight excluding hydrogens is 536 g/mol. The van der Waals surface area contributed by atoms with E-state index < -0.39 is 22.5 Å². The van der Waals surface area contributed by atoms with Crippen molar-refractivity contribution in [3.05, 3.63) is 65.7 Å². The average molecular weight is 565 g/mol. The maximum atomic E-state index is 13.8. The van der Waals surface area contributed by atoms with Crippen LogP contribution in [0.2, 0.25) is 5.02 Å². The van der Waals surface area contributed by atoms with Gasteiger partial charge in [0.1, 0.15) is 18.9 Å². The number of hydrogen-bond donors (Lipinski definition) is 1. The molecule has 0 spiro atoms. The van der Waals surface area contributed by atoms with E-state index in [1.54, 1.807) is 24.3 Å². The molecule has 1 N–H and O–H groups in total. The highest BCUT2D eigenvalue weighted by Crippen LogP contribution is 2.37. The Balaban J connectivity index is 1.85. The molecule has 38 heavy (non-hydrogen) atoms. The van der Waals surface area contributed by atoms with Crippen LogP contribution in [0, 0.1) is 0 Å². The van der Waals surface area contributed by atoms with Gasteiger partial charge in [-0.2, -0.15) is 0 Å². The van der Waals surface area contributed by atoms with Gasteiger partial charge < -0.3 is 29.0 Å². The fraction of sp³-hybridized carbons (Fsp3) is 0.269. The first-order valence-electron chi connectivity index (χ1n) is 11.4. The molecule has 12 heteroatoms. The summed E-state index contributed by atoms with van der Waals surface area (Å²) in [4.78, 5) is 12.8. The predicted molar refractivity (Wildman–Crippen MR) is 144 cm³/mol. The second kappa shape index (κ2) is 13.1. The summed E-state index contributed by atoms with van der Waals surface area (Å²) in [7, 11) is 1.47. The van der Waals surface area contributed by atoms with E-state index in [1.165, 1.54) is 58.8 Å². The van der Waals surface area contributed by atoms with Crippen LogP contribution in [0.15, 0.2) is 65.6 Å². The Morgan fingerprint density at radius 1 is 0.816 bits per heavy atom. The molecule has 0 aliphatic heterocycles. The number of amides is 1. The van der Waals surface area contributed by atoms with E-state index in [1.807, 2.05) is 6.07 Å². The zero-order valence-corrected chi connectivity index (χ0v) is 23.0. The highest BCUT2D eigenvalue weighted by Gasteiger charge is 2.30. The monoisotopic (exact) mass is 564 g/mol. The molecule has 0 unspecified atom stereocenters. The maximum Gasteiger partial charge on any atom is 0.265 e. The van der Waals surface area contributed by atoms with Gasteiger partial charge in [-0.15, -0.1) is 0 Å². The molecule has 0 aliphatic carbocycles. The number of nitrogens with one attached hydrogen (secondary N) is 1. The van der Waals surface area contributed by atoms with Gasteiger partial charge in [0.05, 0.1) is 45.6 Å². The van der Waals surface area contributed by atoms with Gasteiger partial charge in [0.15, 0.2) is 23.0 Å². The molecule has 0 heterocycles. The minimum atomic E-state index is -4.29. The lowest BCUT2D eigenvalue weighted by Gasteiger charge is -2.26. The molecule has 3 aromatic rings. The van der Waals surface area contributed by atoms with Crippen LogP contribution in [0.5, 0.6) is 28.7 Å². The van der Waals surface area contributed by atoms with Crippen LogP contribution in [0.1, 0.15) is 0 Å². The van der Waals surface area contributed by atoms with Crippen molar-refractivity contribution in [2.45, 2.75) is 4.90 Å². The van der Waals surface area contributed by atoms with E-state index in [9.17, 15) is 13.2 Å². The van der Waals surface area contributed by atoms with Crippen molar-refractivity contribution < 1.29 is 36.9 Å². The van der Waals surface area contributed by atoms with Crippen molar-refractivity contribution in [3.8, 4) is 28.7 Å². The van der Waals surface area contributed by atoms with Gasteiger partial charge in [-0.3, -0.25) is 9.10 Å². The number of rotatable bonds is 13. The molecule has 0 radical (unpaired) electrons. The fourth-order valence-corrected chi connectivity index (χ4v) is 5.14. The number of ether oxygens (including phenoxy) is 5. The molecular formula is C26H29ClN2O8S. The number of methoxy groups -OCH3 is 4. The Bertz CT molecular complexity index is 1370. The van der Waals surface area contributed by atoms with Gasteiger partial charge in [-0.05, 0) is 42.5 Å². The van der Waals surface area contributed by atoms with E-state index in [4.69, 9.17) is 35.3 Å². The number of carbonyl (C=O) groups is 1. The third-order valence-corrected chi connectivity index (χ3v) is 7.38. The number of benzene rings is 3. The summed E-state index contributed by atoms with van der Waals surface area (Å²) in [6.45, 7) is -0.301. The van der Waals surface area contributed by atoms with Crippen LogP contribution < -0.4 is 33.3 Å².